The van der Waals surface area contributed by atoms with Gasteiger partial charge in [-0.15, -0.1) is 0 Å². The fourth-order valence-corrected chi connectivity index (χ4v) is 2.18. The van der Waals surface area contributed by atoms with Gasteiger partial charge in [0.1, 0.15) is 0 Å². The molecule has 0 amide bonds. The molecule has 18 heavy (non-hydrogen) atoms. The molecular formula is C12H20O6. The van der Waals surface area contributed by atoms with Crippen LogP contribution >= 0.6 is 0 Å². The zero-order valence-corrected chi connectivity index (χ0v) is 10.2. The fourth-order valence-electron chi connectivity index (χ4n) is 2.18. The van der Waals surface area contributed by atoms with Crippen LogP contribution in [0.5, 0.6) is 0 Å². The van der Waals surface area contributed by atoms with Crippen molar-refractivity contribution in [3.63, 3.8) is 0 Å². The molecule has 2 unspecified atom stereocenters. The van der Waals surface area contributed by atoms with Crippen LogP contribution in [0.1, 0.15) is 25.7 Å². The molecule has 3 N–H and O–H groups in total. The van der Waals surface area contributed by atoms with E-state index in [-0.39, 0.29) is 19.8 Å². The number of carboxylic acids is 1. The zero-order chi connectivity index (χ0) is 13.5. The summed E-state index contributed by atoms with van der Waals surface area (Å²) in [5.41, 5.74) is 0. The van der Waals surface area contributed by atoms with E-state index in [1.807, 2.05) is 0 Å². The van der Waals surface area contributed by atoms with E-state index in [1.54, 1.807) is 0 Å². The molecule has 0 aliphatic heterocycles. The van der Waals surface area contributed by atoms with E-state index in [4.69, 9.17) is 20.1 Å². The van der Waals surface area contributed by atoms with Crippen LogP contribution in [0.25, 0.3) is 0 Å². The molecule has 0 aromatic rings. The van der Waals surface area contributed by atoms with Gasteiger partial charge in [-0.05, 0) is 12.8 Å². The summed E-state index contributed by atoms with van der Waals surface area (Å²) in [6.45, 7) is -0.609. The Morgan fingerprint density at radius 1 is 1.11 bits per heavy atom. The number of carboxylic acid groups (broad SMARTS) is 1. The minimum atomic E-state index is -0.961. The first-order valence-electron chi connectivity index (χ1n) is 6.21. The van der Waals surface area contributed by atoms with Crippen molar-refractivity contribution < 1.29 is 29.6 Å². The third-order valence-electron chi connectivity index (χ3n) is 3.36. The van der Waals surface area contributed by atoms with Gasteiger partial charge in [0.15, 0.2) is 0 Å². The van der Waals surface area contributed by atoms with Crippen molar-refractivity contribution in [2.75, 3.05) is 19.8 Å². The molecule has 104 valence electrons. The van der Waals surface area contributed by atoms with Gasteiger partial charge >= 0.3 is 11.9 Å². The van der Waals surface area contributed by atoms with Crippen molar-refractivity contribution in [3.05, 3.63) is 0 Å². The van der Waals surface area contributed by atoms with Crippen LogP contribution in [0.15, 0.2) is 0 Å². The van der Waals surface area contributed by atoms with Crippen molar-refractivity contribution in [1.29, 1.82) is 0 Å². The van der Waals surface area contributed by atoms with Crippen molar-refractivity contribution in [1.82, 2.24) is 0 Å². The lowest BCUT2D eigenvalue weighted by molar-refractivity contribution is -0.161. The Hall–Kier alpha value is -1.14. The lowest BCUT2D eigenvalue weighted by Crippen LogP contribution is -2.35. The first-order chi connectivity index (χ1) is 8.60. The maximum absolute atomic E-state index is 11.8. The highest BCUT2D eigenvalue weighted by atomic mass is 16.5. The molecular weight excluding hydrogens is 240 g/mol. The minimum absolute atomic E-state index is 0.0747. The molecule has 0 heterocycles. The number of esters is 1. The molecule has 2 atom stereocenters. The number of carbonyl (C=O) groups is 2. The van der Waals surface area contributed by atoms with E-state index in [2.05, 4.69) is 0 Å². The van der Waals surface area contributed by atoms with E-state index in [0.29, 0.717) is 12.8 Å². The summed E-state index contributed by atoms with van der Waals surface area (Å²) in [5, 5.41) is 26.7. The topological polar surface area (TPSA) is 104 Å². The monoisotopic (exact) mass is 260 g/mol. The summed E-state index contributed by atoms with van der Waals surface area (Å²) in [6.07, 6.45) is 2.67. The summed E-state index contributed by atoms with van der Waals surface area (Å²) in [5.74, 6) is -3.27. The SMILES string of the molecule is O=C(O)C1CCCCC1C(=O)OCC(CO)CO. The van der Waals surface area contributed by atoms with Gasteiger partial charge in [0.25, 0.3) is 0 Å². The van der Waals surface area contributed by atoms with Gasteiger partial charge < -0.3 is 20.1 Å². The molecule has 1 fully saturated rings. The smallest absolute Gasteiger partial charge is 0.309 e. The van der Waals surface area contributed by atoms with E-state index in [0.717, 1.165) is 12.8 Å². The number of hydrogen-bond acceptors (Lipinski definition) is 5. The number of ether oxygens (including phenoxy) is 1. The van der Waals surface area contributed by atoms with Crippen molar-refractivity contribution in [2.45, 2.75) is 25.7 Å². The van der Waals surface area contributed by atoms with Gasteiger partial charge in [0.05, 0.1) is 31.7 Å². The Kier molecular flexibility index (Phi) is 6.07. The normalized spacial score (nSPS) is 23.9. The Morgan fingerprint density at radius 2 is 1.67 bits per heavy atom. The summed E-state index contributed by atoms with van der Waals surface area (Å²) >= 11 is 0. The van der Waals surface area contributed by atoms with Crippen LogP contribution < -0.4 is 0 Å². The third kappa shape index (κ3) is 3.96. The van der Waals surface area contributed by atoms with E-state index in [9.17, 15) is 9.59 Å². The lowest BCUT2D eigenvalue weighted by Gasteiger charge is -2.27. The van der Waals surface area contributed by atoms with Gasteiger partial charge in [-0.2, -0.15) is 0 Å². The Morgan fingerprint density at radius 3 is 2.17 bits per heavy atom. The van der Waals surface area contributed by atoms with Crippen LogP contribution in [0.3, 0.4) is 0 Å². The van der Waals surface area contributed by atoms with E-state index >= 15 is 0 Å². The summed E-state index contributed by atoms with van der Waals surface area (Å²) in [6, 6.07) is 0. The van der Waals surface area contributed by atoms with Crippen LogP contribution in [0, 0.1) is 17.8 Å². The predicted molar refractivity (Wildman–Crippen MR) is 61.7 cm³/mol. The number of hydrogen-bond donors (Lipinski definition) is 3. The van der Waals surface area contributed by atoms with Crippen LogP contribution in [-0.2, 0) is 14.3 Å². The Bertz CT molecular complexity index is 286. The molecule has 0 aromatic carbocycles. The van der Waals surface area contributed by atoms with E-state index in [1.165, 1.54) is 0 Å². The second-order valence-corrected chi connectivity index (χ2v) is 4.70. The Labute approximate surface area is 106 Å². The zero-order valence-electron chi connectivity index (χ0n) is 10.2. The molecule has 0 saturated heterocycles. The second-order valence-electron chi connectivity index (χ2n) is 4.70. The van der Waals surface area contributed by atoms with Crippen molar-refractivity contribution in [3.8, 4) is 0 Å². The van der Waals surface area contributed by atoms with Gasteiger partial charge in [0, 0.05) is 5.92 Å². The maximum Gasteiger partial charge on any atom is 0.309 e. The van der Waals surface area contributed by atoms with Gasteiger partial charge in [-0.1, -0.05) is 12.8 Å². The first-order valence-corrected chi connectivity index (χ1v) is 6.21. The largest absolute Gasteiger partial charge is 0.481 e. The van der Waals surface area contributed by atoms with Gasteiger partial charge in [-0.25, -0.2) is 0 Å². The van der Waals surface area contributed by atoms with Crippen molar-refractivity contribution in [2.24, 2.45) is 17.8 Å². The minimum Gasteiger partial charge on any atom is -0.481 e. The molecule has 0 radical (unpaired) electrons. The number of rotatable bonds is 6. The number of carbonyl (C=O) groups excluding carboxylic acids is 1. The fraction of sp³-hybridized carbons (Fsp3) is 0.833. The van der Waals surface area contributed by atoms with E-state index < -0.39 is 29.7 Å². The highest BCUT2D eigenvalue weighted by molar-refractivity contribution is 5.81. The van der Waals surface area contributed by atoms with Crippen LogP contribution in [0.2, 0.25) is 0 Å². The van der Waals surface area contributed by atoms with Crippen LogP contribution in [-0.4, -0.2) is 47.1 Å². The highest BCUT2D eigenvalue weighted by Crippen LogP contribution is 2.31. The number of aliphatic carboxylic acids is 1. The quantitative estimate of drug-likeness (QED) is 0.582. The lowest BCUT2D eigenvalue weighted by atomic mass is 9.79. The number of aliphatic hydroxyl groups excluding tert-OH is 2. The molecule has 1 saturated carbocycles. The first kappa shape index (κ1) is 14.9. The average Bonchev–Trinajstić information content (AvgIpc) is 2.39. The molecule has 0 aromatic heterocycles. The molecule has 6 heteroatoms. The molecule has 6 nitrogen and oxygen atoms in total. The molecule has 1 rings (SSSR count). The van der Waals surface area contributed by atoms with Crippen LogP contribution in [0.4, 0.5) is 0 Å². The van der Waals surface area contributed by atoms with Gasteiger partial charge in [-0.3, -0.25) is 9.59 Å². The molecule has 0 spiro atoms. The molecule has 0 bridgehead atoms. The molecule has 1 aliphatic carbocycles. The highest BCUT2D eigenvalue weighted by Gasteiger charge is 2.36. The standard InChI is InChI=1S/C12H20O6/c13-5-8(6-14)7-18-12(17)10-4-2-1-3-9(10)11(15)16/h8-10,13-14H,1-7H2,(H,15,16). The summed E-state index contributed by atoms with van der Waals surface area (Å²) < 4.78 is 4.98. The second kappa shape index (κ2) is 7.33. The Balaban J connectivity index is 2.50. The third-order valence-corrected chi connectivity index (χ3v) is 3.36. The van der Waals surface area contributed by atoms with Gasteiger partial charge in [0.2, 0.25) is 0 Å². The maximum atomic E-state index is 11.8. The molecule has 1 aliphatic rings. The summed E-state index contributed by atoms with van der Waals surface area (Å²) in [4.78, 5) is 22.8. The van der Waals surface area contributed by atoms with Crippen molar-refractivity contribution >= 4 is 11.9 Å². The average molecular weight is 260 g/mol. The number of aliphatic hydroxyl groups is 2. The predicted octanol–water partition coefficient (Wildman–Crippen LogP) is 0.0214. The summed E-state index contributed by atoms with van der Waals surface area (Å²) in [7, 11) is 0.